The normalized spacial score (nSPS) is 12.6. The zero-order chi connectivity index (χ0) is 24.4. The maximum absolute atomic E-state index is 11.3. The van der Waals surface area contributed by atoms with Crippen LogP contribution in [0.5, 0.6) is 0 Å². The molecule has 0 N–H and O–H groups in total. The summed E-state index contributed by atoms with van der Waals surface area (Å²) in [6.07, 6.45) is 29.4. The van der Waals surface area contributed by atoms with Crippen molar-refractivity contribution < 1.29 is 33.4 Å². The number of unbranched alkanes of at least 4 members (excludes halogenated alkanes) is 18. The van der Waals surface area contributed by atoms with E-state index >= 15 is 0 Å². The van der Waals surface area contributed by atoms with Gasteiger partial charge in [-0.25, -0.2) is 0 Å². The van der Waals surface area contributed by atoms with Crippen LogP contribution in [-0.4, -0.2) is 34.6 Å². The van der Waals surface area contributed by atoms with Gasteiger partial charge in [0.2, 0.25) is 5.78 Å². The Morgan fingerprint density at radius 1 is 0.618 bits per heavy atom. The molecule has 34 heavy (non-hydrogen) atoms. The van der Waals surface area contributed by atoms with Gasteiger partial charge < -0.3 is 30.2 Å². The molecule has 1 heterocycles. The summed E-state index contributed by atoms with van der Waals surface area (Å²) in [5, 5.41) is 0. The van der Waals surface area contributed by atoms with Gasteiger partial charge in [0.25, 0.3) is 5.91 Å². The van der Waals surface area contributed by atoms with Crippen molar-refractivity contribution in [2.75, 3.05) is 18.1 Å². The average Bonchev–Trinajstić information content (AvgIpc) is 3.14. The molecule has 0 saturated heterocycles. The maximum atomic E-state index is 11.3. The number of carbonyl (C=O) groups excluding carboxylic acids is 2. The molecule has 0 spiro atoms. The van der Waals surface area contributed by atoms with Gasteiger partial charge in [-0.15, -0.1) is 0 Å². The molecule has 1 aliphatic rings. The van der Waals surface area contributed by atoms with E-state index in [1.54, 1.807) is 6.20 Å². The van der Waals surface area contributed by atoms with Crippen molar-refractivity contribution in [3.05, 3.63) is 12.3 Å². The smallest absolute Gasteiger partial charge is 0.298 e. The molecule has 0 aromatic heterocycles. The predicted octanol–water partition coefficient (Wildman–Crippen LogP) is 8.06. The Labute approximate surface area is 239 Å². The fraction of sp³-hybridized carbons (Fsp3) is 0.857. The largest absolute Gasteiger partial charge is 0.793 e. The van der Waals surface area contributed by atoms with Crippen molar-refractivity contribution in [3.63, 3.8) is 0 Å². The Balaban J connectivity index is -0.000000601. The summed E-state index contributed by atoms with van der Waals surface area (Å²) in [4.78, 5) is 23.9. The molecule has 0 atom stereocenters. The van der Waals surface area contributed by atoms with Crippen LogP contribution < -0.4 is 0 Å². The van der Waals surface area contributed by atoms with Gasteiger partial charge in [-0.2, -0.15) is 11.5 Å². The number of nitrogens with zero attached hydrogens (tertiary/aromatic N) is 1. The van der Waals surface area contributed by atoms with Crippen LogP contribution in [0.15, 0.2) is 12.3 Å². The summed E-state index contributed by atoms with van der Waals surface area (Å²) in [5.74, 6) is 1.10. The van der Waals surface area contributed by atoms with Gasteiger partial charge in [0.1, 0.15) is 0 Å². The van der Waals surface area contributed by atoms with Crippen molar-refractivity contribution >= 4 is 36.9 Å². The Kier molecular flexibility index (Phi) is 31.7. The molecule has 0 saturated carbocycles. The van der Waals surface area contributed by atoms with Crippen LogP contribution in [0.3, 0.4) is 0 Å². The zero-order valence-corrected chi connectivity index (χ0v) is 25.6. The van der Waals surface area contributed by atoms with Crippen LogP contribution in [0.25, 0.3) is 0 Å². The first kappa shape index (κ1) is 36.5. The first-order valence-corrected chi connectivity index (χ1v) is 15.0. The van der Waals surface area contributed by atoms with Crippen LogP contribution >= 0.6 is 0 Å². The Morgan fingerprint density at radius 2 is 0.971 bits per heavy atom. The van der Waals surface area contributed by atoms with Crippen molar-refractivity contribution in [3.8, 4) is 0 Å². The van der Waals surface area contributed by atoms with E-state index in [0.29, 0.717) is 6.54 Å². The van der Waals surface area contributed by atoms with Crippen molar-refractivity contribution in [1.29, 1.82) is 0 Å². The van der Waals surface area contributed by atoms with Crippen LogP contribution in [0.4, 0.5) is 0 Å². The summed E-state index contributed by atoms with van der Waals surface area (Å²) in [6, 6.07) is 0. The SMILES string of the molecule is CCCCCCCCCCCC[S-].O=C1C=CN(CCCCCCCCCCCC[S-])C1=O.[Au].[HH]. The molecule has 0 aromatic rings. The molecule has 3 nitrogen and oxygen atoms in total. The summed E-state index contributed by atoms with van der Waals surface area (Å²) >= 11 is 9.82. The molecule has 0 aliphatic carbocycles. The van der Waals surface area contributed by atoms with Crippen molar-refractivity contribution in [1.82, 2.24) is 4.90 Å². The summed E-state index contributed by atoms with van der Waals surface area (Å²) < 4.78 is 0. The fourth-order valence-corrected chi connectivity index (χ4v) is 4.41. The van der Waals surface area contributed by atoms with Gasteiger partial charge >= 0.3 is 0 Å². The van der Waals surface area contributed by atoms with E-state index in [2.05, 4.69) is 6.92 Å². The molecule has 0 bridgehead atoms. The minimum absolute atomic E-state index is 0. The number of hydrogen-bond donors (Lipinski definition) is 0. The molecule has 0 aromatic carbocycles. The van der Waals surface area contributed by atoms with Gasteiger partial charge in [-0.3, -0.25) is 9.59 Å². The first-order chi connectivity index (χ1) is 16.2. The number of ketones is 1. The second kappa shape index (κ2) is 29.5. The quantitative estimate of drug-likeness (QED) is 0.0497. The maximum Gasteiger partial charge on any atom is 0.298 e. The minimum atomic E-state index is -0.388. The van der Waals surface area contributed by atoms with Gasteiger partial charge in [-0.1, -0.05) is 129 Å². The third kappa shape index (κ3) is 24.0. The van der Waals surface area contributed by atoms with E-state index < -0.39 is 0 Å². The molecular weight excluding hydrogens is 643 g/mol. The summed E-state index contributed by atoms with van der Waals surface area (Å²) in [7, 11) is 0. The predicted molar refractivity (Wildman–Crippen MR) is 150 cm³/mol. The van der Waals surface area contributed by atoms with Crippen LogP contribution in [0.1, 0.15) is 137 Å². The molecule has 0 unspecified atom stereocenters. The standard InChI is InChI=1S/C16H27NO2S.C12H26S.Au.H2/c18-15-11-13-17(16(15)19)12-9-7-5-3-1-2-4-6-8-10-14-20;1-2-3-4-5-6-7-8-9-10-11-12-13;;/h11,13,20H,1-10,12,14H2;13H,2-12H2,1H3;;1H/p-2. The number of carbonyl (C=O) groups is 2. The van der Waals surface area contributed by atoms with Crippen molar-refractivity contribution in [2.24, 2.45) is 0 Å². The summed E-state index contributed by atoms with van der Waals surface area (Å²) in [6.45, 7) is 2.96. The number of hydrogen-bond acceptors (Lipinski definition) is 4. The van der Waals surface area contributed by atoms with E-state index in [9.17, 15) is 9.59 Å². The average molecular weight is 697 g/mol. The second-order valence-corrected chi connectivity index (χ2v) is 10.1. The van der Waals surface area contributed by atoms with Gasteiger partial charge in [0.15, 0.2) is 0 Å². The molecule has 207 valence electrons. The topological polar surface area (TPSA) is 37.4 Å². The van der Waals surface area contributed by atoms with Gasteiger partial charge in [0.05, 0.1) is 0 Å². The van der Waals surface area contributed by atoms with Crippen molar-refractivity contribution in [2.45, 2.75) is 135 Å². The molecule has 1 aliphatic heterocycles. The van der Waals surface area contributed by atoms with Crippen LogP contribution in [0, 0.1) is 0 Å². The minimum Gasteiger partial charge on any atom is -0.793 e. The van der Waals surface area contributed by atoms with E-state index in [1.165, 1.54) is 127 Å². The zero-order valence-electron chi connectivity index (χ0n) is 21.8. The molecule has 1 rings (SSSR count). The third-order valence-electron chi connectivity index (χ3n) is 6.17. The van der Waals surface area contributed by atoms with E-state index in [0.717, 1.165) is 24.3 Å². The Hall–Kier alpha value is 0.320. The second-order valence-electron chi connectivity index (χ2n) is 9.30. The van der Waals surface area contributed by atoms with Crippen LogP contribution in [0.2, 0.25) is 0 Å². The third-order valence-corrected chi connectivity index (χ3v) is 6.75. The van der Waals surface area contributed by atoms with E-state index in [-0.39, 0.29) is 35.5 Å². The monoisotopic (exact) mass is 696 g/mol. The molecule has 1 radical (unpaired) electrons. The molecule has 0 fully saturated rings. The number of rotatable bonds is 22. The first-order valence-electron chi connectivity index (χ1n) is 13.9. The van der Waals surface area contributed by atoms with E-state index in [1.807, 2.05) is 0 Å². The molecular formula is C28H53AuNO2S2-2. The van der Waals surface area contributed by atoms with Gasteiger partial charge in [0, 0.05) is 42.6 Å². The summed E-state index contributed by atoms with van der Waals surface area (Å²) in [5.41, 5.74) is 0. The Morgan fingerprint density at radius 3 is 1.29 bits per heavy atom. The molecule has 6 heteroatoms. The van der Waals surface area contributed by atoms with E-state index in [4.69, 9.17) is 25.3 Å². The Bertz CT molecular complexity index is 486. The number of amides is 1. The van der Waals surface area contributed by atoms with Crippen LogP contribution in [-0.2, 0) is 57.2 Å². The fourth-order valence-electron chi connectivity index (χ4n) is 4.00. The molecule has 1 amide bonds. The van der Waals surface area contributed by atoms with Gasteiger partial charge in [-0.05, 0) is 6.42 Å².